The molecule has 1 saturated carbocycles. The number of piperidine rings is 1. The van der Waals surface area contributed by atoms with Gasteiger partial charge in [-0.05, 0) is 67.6 Å². The zero-order chi connectivity index (χ0) is 25.9. The average molecular weight is 531 g/mol. The zero-order valence-electron chi connectivity index (χ0n) is 20.4. The highest BCUT2D eigenvalue weighted by atomic mass is 35.5. The van der Waals surface area contributed by atoms with E-state index in [0.717, 1.165) is 17.7 Å². The highest BCUT2D eigenvalue weighted by Crippen LogP contribution is 2.52. The molecular formula is C28H32Cl2N2O4. The van der Waals surface area contributed by atoms with Crippen molar-refractivity contribution in [3.05, 3.63) is 76.3 Å². The second-order valence-corrected chi connectivity index (χ2v) is 10.8. The Kier molecular flexibility index (Phi) is 8.10. The molecule has 2 N–H and O–H groups in total. The summed E-state index contributed by atoms with van der Waals surface area (Å²) in [7, 11) is 0. The van der Waals surface area contributed by atoms with E-state index in [9.17, 15) is 14.7 Å². The van der Waals surface area contributed by atoms with Gasteiger partial charge in [-0.15, -0.1) is 6.58 Å². The van der Waals surface area contributed by atoms with Gasteiger partial charge >= 0.3 is 5.97 Å². The van der Waals surface area contributed by atoms with E-state index in [4.69, 9.17) is 27.9 Å². The molecule has 6 nitrogen and oxygen atoms in total. The Balaban J connectivity index is 1.59. The number of β-amino-alcohol motifs (C(OH)–C–C–N with tert-alkyl or cyclic N) is 1. The van der Waals surface area contributed by atoms with Crippen LogP contribution in [0, 0.1) is 0 Å². The van der Waals surface area contributed by atoms with Gasteiger partial charge in [0.05, 0.1) is 22.1 Å². The third-order valence-electron chi connectivity index (χ3n) is 7.48. The van der Waals surface area contributed by atoms with Crippen LogP contribution in [0.15, 0.2) is 55.1 Å². The molecule has 2 aliphatic rings. The maximum Gasteiger partial charge on any atom is 0.308 e. The van der Waals surface area contributed by atoms with Crippen LogP contribution < -0.4 is 10.1 Å². The minimum Gasteiger partial charge on any atom is -0.427 e. The quantitative estimate of drug-likeness (QED) is 0.308. The summed E-state index contributed by atoms with van der Waals surface area (Å²) in [5.41, 5.74) is 0.121. The van der Waals surface area contributed by atoms with E-state index in [0.29, 0.717) is 54.6 Å². The Morgan fingerprint density at radius 1 is 1.22 bits per heavy atom. The number of fused-ring (bicyclic) bond motifs is 1. The zero-order valence-corrected chi connectivity index (χ0v) is 21.9. The molecule has 2 aromatic rings. The number of nitrogens with one attached hydrogen (secondary N) is 1. The summed E-state index contributed by atoms with van der Waals surface area (Å²) in [5, 5.41) is 16.1. The van der Waals surface area contributed by atoms with E-state index < -0.39 is 17.0 Å². The summed E-state index contributed by atoms with van der Waals surface area (Å²) in [6, 6.07) is 12.5. The summed E-state index contributed by atoms with van der Waals surface area (Å²) in [6.45, 7) is 7.23. The van der Waals surface area contributed by atoms with E-state index in [1.54, 1.807) is 24.3 Å². The van der Waals surface area contributed by atoms with Crippen LogP contribution in [-0.2, 0) is 21.4 Å². The Bertz CT molecular complexity index is 1160. The minimum atomic E-state index is -0.992. The first kappa shape index (κ1) is 26.7. The Morgan fingerprint density at radius 2 is 2.03 bits per heavy atom. The third-order valence-corrected chi connectivity index (χ3v) is 8.22. The Hall–Kier alpha value is -2.38. The number of likely N-dealkylation sites (tertiary alicyclic amines) is 1. The molecule has 0 radical (unpaired) electrons. The van der Waals surface area contributed by atoms with Gasteiger partial charge in [-0.2, -0.15) is 0 Å². The second-order valence-electron chi connectivity index (χ2n) is 9.94. The van der Waals surface area contributed by atoms with Crippen LogP contribution in [0.5, 0.6) is 5.75 Å². The van der Waals surface area contributed by atoms with Crippen LogP contribution in [0.25, 0.3) is 0 Å². The molecule has 1 amide bonds. The first-order valence-electron chi connectivity index (χ1n) is 12.2. The van der Waals surface area contributed by atoms with Gasteiger partial charge in [0.25, 0.3) is 0 Å². The van der Waals surface area contributed by atoms with E-state index in [1.165, 1.54) is 6.92 Å². The highest BCUT2D eigenvalue weighted by molar-refractivity contribution is 6.42. The van der Waals surface area contributed by atoms with Crippen molar-refractivity contribution in [2.75, 3.05) is 19.6 Å². The molecule has 1 aliphatic carbocycles. The lowest BCUT2D eigenvalue weighted by Gasteiger charge is -2.58. The third kappa shape index (κ3) is 5.62. The molecule has 1 aliphatic heterocycles. The second kappa shape index (κ2) is 10.9. The maximum absolute atomic E-state index is 12.9. The normalized spacial score (nSPS) is 26.1. The fourth-order valence-electron chi connectivity index (χ4n) is 5.86. The minimum absolute atomic E-state index is 0.100. The summed E-state index contributed by atoms with van der Waals surface area (Å²) in [6.07, 6.45) is 4.54. The molecule has 0 spiro atoms. The lowest BCUT2D eigenvalue weighted by Crippen LogP contribution is -2.67. The van der Waals surface area contributed by atoms with Crippen molar-refractivity contribution in [3.8, 4) is 5.75 Å². The molecule has 8 heteroatoms. The Morgan fingerprint density at radius 3 is 2.75 bits per heavy atom. The highest BCUT2D eigenvalue weighted by Gasteiger charge is 2.57. The predicted octanol–water partition coefficient (Wildman–Crippen LogP) is 4.69. The van der Waals surface area contributed by atoms with Crippen molar-refractivity contribution in [2.24, 2.45) is 0 Å². The fraction of sp³-hybridized carbons (Fsp3) is 0.429. The number of carbonyl (C=O) groups is 2. The molecule has 36 heavy (non-hydrogen) atoms. The van der Waals surface area contributed by atoms with Gasteiger partial charge in [0.15, 0.2) is 0 Å². The van der Waals surface area contributed by atoms with E-state index in [-0.39, 0.29) is 18.4 Å². The van der Waals surface area contributed by atoms with Crippen molar-refractivity contribution >= 4 is 35.1 Å². The van der Waals surface area contributed by atoms with Crippen molar-refractivity contribution in [1.29, 1.82) is 0 Å². The van der Waals surface area contributed by atoms with Crippen molar-refractivity contribution < 1.29 is 19.4 Å². The number of esters is 1. The van der Waals surface area contributed by atoms with Gasteiger partial charge in [0.2, 0.25) is 5.91 Å². The molecule has 1 saturated heterocycles. The summed E-state index contributed by atoms with van der Waals surface area (Å²) < 4.78 is 5.36. The molecule has 4 rings (SSSR count). The van der Waals surface area contributed by atoms with E-state index >= 15 is 0 Å². The topological polar surface area (TPSA) is 78.9 Å². The number of carbonyl (C=O) groups excluding carboxylic acids is 2. The number of amides is 1. The average Bonchev–Trinajstić information content (AvgIpc) is 2.81. The Labute approximate surface area is 222 Å². The summed E-state index contributed by atoms with van der Waals surface area (Å²) in [4.78, 5) is 26.7. The number of nitrogens with zero attached hydrogens (tertiary/aromatic N) is 1. The van der Waals surface area contributed by atoms with E-state index in [1.807, 2.05) is 24.3 Å². The summed E-state index contributed by atoms with van der Waals surface area (Å²) in [5.74, 6) is -0.0374. The molecule has 1 heterocycles. The van der Waals surface area contributed by atoms with Crippen molar-refractivity contribution in [2.45, 2.75) is 56.1 Å². The van der Waals surface area contributed by atoms with Crippen LogP contribution in [0.2, 0.25) is 10.0 Å². The first-order valence-corrected chi connectivity index (χ1v) is 13.0. The number of ether oxygens (including phenoxy) is 1. The number of hydrogen-bond donors (Lipinski definition) is 2. The first-order chi connectivity index (χ1) is 17.1. The molecule has 2 fully saturated rings. The monoisotopic (exact) mass is 530 g/mol. The van der Waals surface area contributed by atoms with Crippen molar-refractivity contribution in [1.82, 2.24) is 10.2 Å². The van der Waals surface area contributed by atoms with Gasteiger partial charge in [-0.1, -0.05) is 47.5 Å². The standard InChI is InChI=1S/C28H32Cl2N2O4/c1-3-12-32-13-11-27(21-5-4-6-23(16-21)36-19(2)33)17-22(9-10-28(27,35)18-32)31-26(34)15-20-7-8-24(29)25(30)14-20/h3-8,14,16,22,35H,1,9-13,15,17-18H2,2H3,(H,31,34)/t22-,27?,28?/m1/s1. The van der Waals surface area contributed by atoms with Gasteiger partial charge in [0, 0.05) is 31.5 Å². The van der Waals surface area contributed by atoms with Crippen LogP contribution in [0.3, 0.4) is 0 Å². The van der Waals surface area contributed by atoms with E-state index in [2.05, 4.69) is 16.8 Å². The molecule has 0 aromatic heterocycles. The van der Waals surface area contributed by atoms with Crippen LogP contribution in [0.4, 0.5) is 0 Å². The maximum atomic E-state index is 12.9. The number of halogens is 2. The number of rotatable bonds is 7. The number of aliphatic hydroxyl groups is 1. The smallest absolute Gasteiger partial charge is 0.308 e. The molecule has 3 atom stereocenters. The molecule has 2 aromatic carbocycles. The van der Waals surface area contributed by atoms with Gasteiger partial charge < -0.3 is 15.2 Å². The van der Waals surface area contributed by atoms with Crippen LogP contribution in [-0.4, -0.2) is 53.2 Å². The van der Waals surface area contributed by atoms with Crippen LogP contribution >= 0.6 is 23.2 Å². The van der Waals surface area contributed by atoms with Gasteiger partial charge in [0.1, 0.15) is 5.75 Å². The predicted molar refractivity (Wildman–Crippen MR) is 142 cm³/mol. The van der Waals surface area contributed by atoms with Crippen molar-refractivity contribution in [3.63, 3.8) is 0 Å². The number of benzene rings is 2. The SMILES string of the molecule is C=CCN1CCC2(c3cccc(OC(C)=O)c3)C[C@H](NC(=O)Cc3ccc(Cl)c(Cl)c3)CCC2(O)C1. The van der Waals surface area contributed by atoms with Crippen LogP contribution in [0.1, 0.15) is 43.7 Å². The fourth-order valence-corrected chi connectivity index (χ4v) is 6.18. The summed E-state index contributed by atoms with van der Waals surface area (Å²) >= 11 is 12.1. The van der Waals surface area contributed by atoms with Gasteiger partial charge in [-0.3, -0.25) is 14.5 Å². The molecule has 0 bridgehead atoms. The lowest BCUT2D eigenvalue weighted by atomic mass is 9.55. The molecular weight excluding hydrogens is 499 g/mol. The lowest BCUT2D eigenvalue weighted by molar-refractivity contribution is -0.133. The molecule has 2 unspecified atom stereocenters. The molecule has 192 valence electrons. The largest absolute Gasteiger partial charge is 0.427 e. The number of hydrogen-bond acceptors (Lipinski definition) is 5. The van der Waals surface area contributed by atoms with Gasteiger partial charge in [-0.25, -0.2) is 0 Å².